The summed E-state index contributed by atoms with van der Waals surface area (Å²) in [4.78, 5) is 21.5. The van der Waals surface area contributed by atoms with E-state index < -0.39 is 0 Å². The number of imidazole rings is 1. The molecule has 0 unspecified atom stereocenters. The van der Waals surface area contributed by atoms with Crippen LogP contribution in [0.15, 0.2) is 36.5 Å². The number of fused-ring (bicyclic) bond motifs is 1. The predicted octanol–water partition coefficient (Wildman–Crippen LogP) is 3.19. The summed E-state index contributed by atoms with van der Waals surface area (Å²) in [6.07, 6.45) is 1.81. The van der Waals surface area contributed by atoms with Crippen molar-refractivity contribution >= 4 is 11.6 Å². The van der Waals surface area contributed by atoms with Gasteiger partial charge in [-0.2, -0.15) is 0 Å². The number of benzene rings is 1. The van der Waals surface area contributed by atoms with E-state index in [2.05, 4.69) is 9.97 Å². The Morgan fingerprint density at radius 2 is 1.91 bits per heavy atom. The van der Waals surface area contributed by atoms with Gasteiger partial charge in [0, 0.05) is 11.8 Å². The van der Waals surface area contributed by atoms with Gasteiger partial charge in [-0.15, -0.1) is 0 Å². The average Bonchev–Trinajstić information content (AvgIpc) is 2.88. The summed E-state index contributed by atoms with van der Waals surface area (Å²) < 4.78 is 6.99. The summed E-state index contributed by atoms with van der Waals surface area (Å²) in [5, 5.41) is 0. The molecule has 22 heavy (non-hydrogen) atoms. The molecule has 3 aromatic rings. The van der Waals surface area contributed by atoms with Gasteiger partial charge in [0.25, 0.3) is 0 Å². The Balaban J connectivity index is 2.33. The molecular weight excluding hydrogens is 278 g/mol. The van der Waals surface area contributed by atoms with Crippen molar-refractivity contribution in [3.8, 4) is 11.3 Å². The van der Waals surface area contributed by atoms with Crippen molar-refractivity contribution < 1.29 is 9.53 Å². The number of aromatic nitrogens is 3. The first-order chi connectivity index (χ1) is 10.6. The number of carbonyl (C=O) groups is 1. The van der Waals surface area contributed by atoms with Crippen LogP contribution < -0.4 is 0 Å². The second kappa shape index (κ2) is 5.60. The van der Waals surface area contributed by atoms with Gasteiger partial charge in [0.2, 0.25) is 0 Å². The van der Waals surface area contributed by atoms with Crippen LogP contribution in [0.5, 0.6) is 0 Å². The minimum absolute atomic E-state index is 0.323. The molecule has 0 N–H and O–H groups in total. The van der Waals surface area contributed by atoms with E-state index in [0.717, 1.165) is 17.0 Å². The van der Waals surface area contributed by atoms with E-state index in [1.54, 1.807) is 11.3 Å². The van der Waals surface area contributed by atoms with Gasteiger partial charge in [0.15, 0.2) is 11.3 Å². The van der Waals surface area contributed by atoms with Crippen molar-refractivity contribution in [1.82, 2.24) is 14.4 Å². The molecule has 0 amide bonds. The van der Waals surface area contributed by atoms with Crippen molar-refractivity contribution in [3.05, 3.63) is 53.6 Å². The SMILES string of the molecule is CCOC(=O)c1c(-c2ccccc2)nc2c(C)nc(C)cn12. The fraction of sp³-hybridized carbons (Fsp3) is 0.235. The van der Waals surface area contributed by atoms with Crippen LogP contribution in [0.25, 0.3) is 16.9 Å². The Labute approximate surface area is 128 Å². The molecule has 0 bridgehead atoms. The lowest BCUT2D eigenvalue weighted by atomic mass is 10.1. The molecule has 0 saturated heterocycles. The zero-order valence-electron chi connectivity index (χ0n) is 12.8. The molecule has 2 heterocycles. The molecule has 0 atom stereocenters. The Bertz CT molecular complexity index is 838. The maximum absolute atomic E-state index is 12.4. The molecule has 1 aromatic carbocycles. The molecule has 5 heteroatoms. The number of ether oxygens (including phenoxy) is 1. The molecule has 0 aliphatic heterocycles. The molecular formula is C17H17N3O2. The number of carbonyl (C=O) groups excluding carboxylic acids is 1. The van der Waals surface area contributed by atoms with E-state index in [1.165, 1.54) is 0 Å². The molecule has 0 spiro atoms. The highest BCUT2D eigenvalue weighted by Crippen LogP contribution is 2.26. The first-order valence-corrected chi connectivity index (χ1v) is 7.20. The van der Waals surface area contributed by atoms with Crippen LogP contribution in [0, 0.1) is 13.8 Å². The summed E-state index contributed by atoms with van der Waals surface area (Å²) in [6, 6.07) is 9.63. The minimum atomic E-state index is -0.376. The maximum Gasteiger partial charge on any atom is 0.357 e. The van der Waals surface area contributed by atoms with E-state index in [-0.39, 0.29) is 5.97 Å². The lowest BCUT2D eigenvalue weighted by Gasteiger charge is -2.06. The zero-order chi connectivity index (χ0) is 15.7. The number of nitrogens with zero attached hydrogens (tertiary/aromatic N) is 3. The molecule has 0 fully saturated rings. The van der Waals surface area contributed by atoms with Crippen molar-refractivity contribution in [2.24, 2.45) is 0 Å². The van der Waals surface area contributed by atoms with E-state index in [1.807, 2.05) is 50.4 Å². The predicted molar refractivity (Wildman–Crippen MR) is 83.9 cm³/mol. The highest BCUT2D eigenvalue weighted by atomic mass is 16.5. The Hall–Kier alpha value is -2.69. The molecule has 0 radical (unpaired) electrons. The monoisotopic (exact) mass is 295 g/mol. The normalized spacial score (nSPS) is 10.9. The molecule has 0 aliphatic carbocycles. The molecule has 5 nitrogen and oxygen atoms in total. The second-order valence-corrected chi connectivity index (χ2v) is 5.06. The van der Waals surface area contributed by atoms with Gasteiger partial charge in [-0.1, -0.05) is 30.3 Å². The fourth-order valence-corrected chi connectivity index (χ4v) is 2.54. The van der Waals surface area contributed by atoms with Crippen molar-refractivity contribution in [2.45, 2.75) is 20.8 Å². The van der Waals surface area contributed by atoms with Crippen LogP contribution in [0.2, 0.25) is 0 Å². The third-order valence-electron chi connectivity index (χ3n) is 3.41. The third-order valence-corrected chi connectivity index (χ3v) is 3.41. The summed E-state index contributed by atoms with van der Waals surface area (Å²) >= 11 is 0. The van der Waals surface area contributed by atoms with Crippen LogP contribution >= 0.6 is 0 Å². The van der Waals surface area contributed by atoms with E-state index in [0.29, 0.717) is 23.6 Å². The Morgan fingerprint density at radius 1 is 1.18 bits per heavy atom. The Morgan fingerprint density at radius 3 is 2.59 bits per heavy atom. The average molecular weight is 295 g/mol. The highest BCUT2D eigenvalue weighted by molar-refractivity contribution is 5.96. The van der Waals surface area contributed by atoms with Crippen LogP contribution in [0.1, 0.15) is 28.8 Å². The second-order valence-electron chi connectivity index (χ2n) is 5.06. The molecule has 0 saturated carbocycles. The number of hydrogen-bond acceptors (Lipinski definition) is 4. The number of aryl methyl sites for hydroxylation is 2. The number of esters is 1. The zero-order valence-corrected chi connectivity index (χ0v) is 12.8. The van der Waals surface area contributed by atoms with Gasteiger partial charge in [-0.05, 0) is 20.8 Å². The van der Waals surface area contributed by atoms with Gasteiger partial charge in [0.05, 0.1) is 18.0 Å². The van der Waals surface area contributed by atoms with Crippen LogP contribution in [-0.4, -0.2) is 26.9 Å². The first-order valence-electron chi connectivity index (χ1n) is 7.20. The third kappa shape index (κ3) is 2.35. The van der Waals surface area contributed by atoms with Gasteiger partial charge >= 0.3 is 5.97 Å². The Kier molecular flexibility index (Phi) is 3.63. The summed E-state index contributed by atoms with van der Waals surface area (Å²) in [5.74, 6) is -0.376. The van der Waals surface area contributed by atoms with Gasteiger partial charge in [-0.25, -0.2) is 9.78 Å². The lowest BCUT2D eigenvalue weighted by molar-refractivity contribution is 0.0519. The summed E-state index contributed by atoms with van der Waals surface area (Å²) in [7, 11) is 0. The quantitative estimate of drug-likeness (QED) is 0.696. The minimum Gasteiger partial charge on any atom is -0.461 e. The maximum atomic E-state index is 12.4. The fourth-order valence-electron chi connectivity index (χ4n) is 2.54. The van der Waals surface area contributed by atoms with Crippen LogP contribution in [0.3, 0.4) is 0 Å². The van der Waals surface area contributed by atoms with Crippen molar-refractivity contribution in [3.63, 3.8) is 0 Å². The number of rotatable bonds is 3. The number of hydrogen-bond donors (Lipinski definition) is 0. The van der Waals surface area contributed by atoms with Gasteiger partial charge in [-0.3, -0.25) is 9.38 Å². The largest absolute Gasteiger partial charge is 0.461 e. The molecule has 0 aliphatic rings. The van der Waals surface area contributed by atoms with Gasteiger partial charge < -0.3 is 4.74 Å². The summed E-state index contributed by atoms with van der Waals surface area (Å²) in [5.41, 5.74) is 4.23. The molecule has 112 valence electrons. The van der Waals surface area contributed by atoms with Crippen LogP contribution in [-0.2, 0) is 4.74 Å². The summed E-state index contributed by atoms with van der Waals surface area (Å²) in [6.45, 7) is 5.90. The highest BCUT2D eigenvalue weighted by Gasteiger charge is 2.23. The van der Waals surface area contributed by atoms with E-state index in [4.69, 9.17) is 4.74 Å². The van der Waals surface area contributed by atoms with Crippen molar-refractivity contribution in [2.75, 3.05) is 6.61 Å². The van der Waals surface area contributed by atoms with E-state index in [9.17, 15) is 4.79 Å². The first kappa shape index (κ1) is 14.3. The van der Waals surface area contributed by atoms with Crippen molar-refractivity contribution in [1.29, 1.82) is 0 Å². The lowest BCUT2D eigenvalue weighted by Crippen LogP contribution is -2.10. The molecule has 2 aromatic heterocycles. The smallest absolute Gasteiger partial charge is 0.357 e. The van der Waals surface area contributed by atoms with Gasteiger partial charge in [0.1, 0.15) is 5.69 Å². The molecule has 3 rings (SSSR count). The standard InChI is InChI=1S/C17H17N3O2/c1-4-22-17(21)15-14(13-8-6-5-7-9-13)19-16-12(3)18-11(2)10-20(15)16/h5-10H,4H2,1-3H3. The van der Waals surface area contributed by atoms with E-state index >= 15 is 0 Å². The van der Waals surface area contributed by atoms with Crippen LogP contribution in [0.4, 0.5) is 0 Å². The topological polar surface area (TPSA) is 56.5 Å².